The highest BCUT2D eigenvalue weighted by molar-refractivity contribution is 6.01. The van der Waals surface area contributed by atoms with Crippen LogP contribution in [-0.2, 0) is 18.9 Å². The van der Waals surface area contributed by atoms with E-state index in [2.05, 4.69) is 5.16 Å². The van der Waals surface area contributed by atoms with Gasteiger partial charge in [0.1, 0.15) is 6.61 Å². The Kier molecular flexibility index (Phi) is 4.79. The number of amides is 1. The molecular weight excluding hydrogens is 397 g/mol. The number of anilines is 2. The van der Waals surface area contributed by atoms with Crippen LogP contribution in [0.5, 0.6) is 0 Å². The summed E-state index contributed by atoms with van der Waals surface area (Å²) in [5.41, 5.74) is 0.889. The average molecular weight is 421 g/mol. The summed E-state index contributed by atoms with van der Waals surface area (Å²) < 4.78 is 43.5. The molecule has 0 radical (unpaired) electrons. The zero-order valence-corrected chi connectivity index (χ0v) is 17.1. The molecule has 1 aromatic carbocycles. The fourth-order valence-electron chi connectivity index (χ4n) is 4.42. The van der Waals surface area contributed by atoms with Crippen LogP contribution in [0.3, 0.4) is 0 Å². The lowest BCUT2D eigenvalue weighted by molar-refractivity contribution is -0.0445. The predicted molar refractivity (Wildman–Crippen MR) is 104 cm³/mol. The molecule has 3 atom stereocenters. The van der Waals surface area contributed by atoms with Crippen molar-refractivity contribution in [1.29, 1.82) is 0 Å². The molecule has 3 aliphatic heterocycles. The summed E-state index contributed by atoms with van der Waals surface area (Å²) in [7, 11) is 0. The van der Waals surface area contributed by atoms with Crippen molar-refractivity contribution in [2.24, 2.45) is 0 Å². The third kappa shape index (κ3) is 3.10. The molecule has 0 N–H and O–H groups in total. The number of benzene rings is 1. The normalized spacial score (nSPS) is 28.0. The molecule has 1 aromatic heterocycles. The van der Waals surface area contributed by atoms with Gasteiger partial charge in [0.05, 0.1) is 42.5 Å². The van der Waals surface area contributed by atoms with Crippen LogP contribution >= 0.6 is 0 Å². The van der Waals surface area contributed by atoms with Crippen molar-refractivity contribution >= 4 is 28.6 Å². The summed E-state index contributed by atoms with van der Waals surface area (Å²) >= 11 is 0. The van der Waals surface area contributed by atoms with Crippen LogP contribution in [0.1, 0.15) is 32.6 Å². The predicted octanol–water partition coefficient (Wildman–Crippen LogP) is 2.97. The molecule has 10 heteroatoms. The number of carbonyl (C=O) groups excluding carboxylic acids is 1. The summed E-state index contributed by atoms with van der Waals surface area (Å²) in [6.45, 7) is 7.85. The van der Waals surface area contributed by atoms with E-state index in [0.29, 0.717) is 42.9 Å². The quantitative estimate of drug-likeness (QED) is 0.748. The van der Waals surface area contributed by atoms with Crippen LogP contribution < -0.4 is 9.80 Å². The Morgan fingerprint density at radius 2 is 1.83 bits per heavy atom. The molecule has 0 bridgehead atoms. The molecule has 162 valence electrons. The number of nitrogens with zero attached hydrogens (tertiary/aromatic N) is 3. The minimum atomic E-state index is -0.710. The maximum atomic E-state index is 15.9. The maximum absolute atomic E-state index is 15.9. The molecule has 9 nitrogen and oxygen atoms in total. The molecule has 3 fully saturated rings. The van der Waals surface area contributed by atoms with Gasteiger partial charge >= 0.3 is 6.09 Å². The molecule has 3 saturated heterocycles. The Balaban J connectivity index is 1.67. The Morgan fingerprint density at radius 1 is 1.13 bits per heavy atom. The number of fused-ring (bicyclic) bond motifs is 1. The first-order valence-corrected chi connectivity index (χ1v) is 10.2. The molecular formula is C20H24FN3O6. The zero-order valence-electron chi connectivity index (χ0n) is 17.1. The number of carbonyl (C=O) groups is 1. The number of aromatic nitrogens is 1. The Labute approximate surface area is 172 Å². The van der Waals surface area contributed by atoms with Gasteiger partial charge in [-0.15, -0.1) is 0 Å². The van der Waals surface area contributed by atoms with Gasteiger partial charge in [-0.1, -0.05) is 5.16 Å². The van der Waals surface area contributed by atoms with E-state index in [1.807, 2.05) is 25.7 Å². The fourth-order valence-corrected chi connectivity index (χ4v) is 4.42. The van der Waals surface area contributed by atoms with E-state index in [0.717, 1.165) is 0 Å². The third-order valence-corrected chi connectivity index (χ3v) is 5.61. The molecule has 0 spiro atoms. The number of morpholine rings is 1. The van der Waals surface area contributed by atoms with E-state index in [9.17, 15) is 4.79 Å². The maximum Gasteiger partial charge on any atom is 0.416 e. The van der Waals surface area contributed by atoms with Crippen molar-refractivity contribution in [3.8, 4) is 0 Å². The van der Waals surface area contributed by atoms with Crippen molar-refractivity contribution in [3.63, 3.8) is 0 Å². The van der Waals surface area contributed by atoms with Crippen molar-refractivity contribution in [1.82, 2.24) is 5.16 Å². The van der Waals surface area contributed by atoms with Crippen molar-refractivity contribution in [2.75, 3.05) is 42.7 Å². The highest BCUT2D eigenvalue weighted by atomic mass is 19.1. The van der Waals surface area contributed by atoms with Crippen LogP contribution in [0.4, 0.5) is 20.7 Å². The summed E-state index contributed by atoms with van der Waals surface area (Å²) in [4.78, 5) is 15.5. The monoisotopic (exact) mass is 421 g/mol. The van der Waals surface area contributed by atoms with Gasteiger partial charge in [-0.25, -0.2) is 9.18 Å². The number of rotatable bonds is 3. The van der Waals surface area contributed by atoms with E-state index in [1.54, 1.807) is 6.07 Å². The van der Waals surface area contributed by atoms with Crippen molar-refractivity contribution < 1.29 is 32.7 Å². The van der Waals surface area contributed by atoms with E-state index in [-0.39, 0.29) is 36.3 Å². The summed E-state index contributed by atoms with van der Waals surface area (Å²) in [5, 5.41) is 4.39. The fraction of sp³-hybridized carbons (Fsp3) is 0.600. The number of cyclic esters (lactones) is 1. The zero-order chi connectivity index (χ0) is 21.0. The molecule has 30 heavy (non-hydrogen) atoms. The van der Waals surface area contributed by atoms with Gasteiger partial charge in [0.25, 0.3) is 0 Å². The summed E-state index contributed by atoms with van der Waals surface area (Å²) in [6, 6.07) is 1.51. The van der Waals surface area contributed by atoms with Gasteiger partial charge in [0, 0.05) is 18.7 Å². The molecule has 3 aliphatic rings. The lowest BCUT2D eigenvalue weighted by atomic mass is 10.0. The van der Waals surface area contributed by atoms with Gasteiger partial charge < -0.3 is 28.4 Å². The number of ether oxygens (including phenoxy) is 4. The SMILES string of the molecule is CC1COC(=O)N1c1noc2c(F)c(N3C[C@@H](C)O[C@H](C)C3)c(C3OCCO3)cc12. The summed E-state index contributed by atoms with van der Waals surface area (Å²) in [5.74, 6) is -0.324. The molecule has 4 heterocycles. The molecule has 1 amide bonds. The van der Waals surface area contributed by atoms with Crippen LogP contribution in [0.2, 0.25) is 0 Å². The Bertz CT molecular complexity index is 965. The molecule has 1 unspecified atom stereocenters. The Hall–Kier alpha value is -2.43. The van der Waals surface area contributed by atoms with Crippen LogP contribution in [-0.4, -0.2) is 62.4 Å². The largest absolute Gasteiger partial charge is 0.447 e. The average Bonchev–Trinajstić information content (AvgIpc) is 3.42. The lowest BCUT2D eigenvalue weighted by Gasteiger charge is -2.38. The van der Waals surface area contributed by atoms with Gasteiger partial charge in [0.15, 0.2) is 17.9 Å². The van der Waals surface area contributed by atoms with Crippen molar-refractivity contribution in [3.05, 3.63) is 17.4 Å². The lowest BCUT2D eigenvalue weighted by Crippen LogP contribution is -2.46. The molecule has 5 rings (SSSR count). The number of hydrogen-bond acceptors (Lipinski definition) is 8. The van der Waals surface area contributed by atoms with E-state index in [4.69, 9.17) is 23.5 Å². The third-order valence-electron chi connectivity index (χ3n) is 5.61. The first-order valence-electron chi connectivity index (χ1n) is 10.2. The molecule has 2 aromatic rings. The highest BCUT2D eigenvalue weighted by Gasteiger charge is 2.38. The topological polar surface area (TPSA) is 86.5 Å². The van der Waals surface area contributed by atoms with Crippen LogP contribution in [0, 0.1) is 5.82 Å². The van der Waals surface area contributed by atoms with Gasteiger partial charge in [-0.3, -0.25) is 4.90 Å². The van der Waals surface area contributed by atoms with Crippen molar-refractivity contribution in [2.45, 2.75) is 45.3 Å². The summed E-state index contributed by atoms with van der Waals surface area (Å²) in [6.07, 6.45) is -1.37. The second kappa shape index (κ2) is 7.36. The van der Waals surface area contributed by atoms with E-state index in [1.165, 1.54) is 4.90 Å². The minimum absolute atomic E-state index is 0.0135. The standard InChI is InChI=1S/C20H24FN3O6/c1-10-9-28-20(25)24(10)18-14-6-13(19-26-4-5-27-19)16(15(21)17(14)30-22-18)23-7-11(2)29-12(3)8-23/h6,10-12,19H,4-5,7-9H2,1-3H3/t10?,11-,12-/m1/s1. The van der Waals surface area contributed by atoms with E-state index >= 15 is 4.39 Å². The minimum Gasteiger partial charge on any atom is -0.447 e. The van der Waals surface area contributed by atoms with Crippen LogP contribution in [0.25, 0.3) is 11.0 Å². The van der Waals surface area contributed by atoms with Crippen LogP contribution in [0.15, 0.2) is 10.6 Å². The van der Waals surface area contributed by atoms with E-state index < -0.39 is 18.2 Å². The second-order valence-electron chi connectivity index (χ2n) is 8.04. The first-order chi connectivity index (χ1) is 14.4. The second-order valence-corrected chi connectivity index (χ2v) is 8.04. The molecule has 0 saturated carbocycles. The number of halogens is 1. The van der Waals surface area contributed by atoms with Gasteiger partial charge in [-0.2, -0.15) is 0 Å². The first kappa shape index (κ1) is 19.5. The van der Waals surface area contributed by atoms with Gasteiger partial charge in [-0.05, 0) is 26.8 Å². The Morgan fingerprint density at radius 3 is 2.47 bits per heavy atom. The smallest absolute Gasteiger partial charge is 0.416 e. The highest BCUT2D eigenvalue weighted by Crippen LogP contribution is 2.42. The number of hydrogen-bond donors (Lipinski definition) is 0. The van der Waals surface area contributed by atoms with Gasteiger partial charge in [0.2, 0.25) is 5.58 Å². The molecule has 0 aliphatic carbocycles.